The Morgan fingerprint density at radius 1 is 0.636 bits per heavy atom. The van der Waals surface area contributed by atoms with E-state index in [2.05, 4.69) is 0 Å². The normalized spacial score (nSPS) is 10.9. The predicted molar refractivity (Wildman–Crippen MR) is 43.9 cm³/mol. The van der Waals surface area contributed by atoms with Crippen LogP contribution in [0.25, 0.3) is 0 Å². The molecule has 0 saturated heterocycles. The maximum Gasteiger partial charge on any atom is 0.0563 e. The topological polar surface area (TPSA) is 40.5 Å². The minimum atomic E-state index is -0.500. The summed E-state index contributed by atoms with van der Waals surface area (Å²) >= 11 is 0. The van der Waals surface area contributed by atoms with Crippen molar-refractivity contribution in [3.63, 3.8) is 0 Å². The zero-order valence-electron chi connectivity index (χ0n) is 8.30. The first kappa shape index (κ1) is 17.5. The molecule has 11 heavy (non-hydrogen) atoms. The zero-order valence-corrected chi connectivity index (χ0v) is 9.58. The van der Waals surface area contributed by atoms with Gasteiger partial charge >= 0.3 is 0 Å². The maximum atomic E-state index is 8.52. The van der Waals surface area contributed by atoms with Crippen molar-refractivity contribution in [3.8, 4) is 0 Å². The van der Waals surface area contributed by atoms with Gasteiger partial charge in [-0.15, -0.1) is 0 Å². The Hall–Kier alpha value is 0.452. The van der Waals surface area contributed by atoms with Gasteiger partial charge in [-0.3, -0.25) is 0 Å². The Labute approximate surface area is 80.8 Å². The molecule has 0 amide bonds. The Morgan fingerprint density at radius 3 is 0.636 bits per heavy atom. The molecule has 70 valence electrons. The molecule has 0 aromatic carbocycles. The second-order valence-corrected chi connectivity index (χ2v) is 4.34. The largest absolute Gasteiger partial charge is 0.391 e. The van der Waals surface area contributed by atoms with Crippen LogP contribution in [0.4, 0.5) is 0 Å². The summed E-state index contributed by atoms with van der Waals surface area (Å²) in [6, 6.07) is 0. The van der Waals surface area contributed by atoms with Gasteiger partial charge in [0.2, 0.25) is 0 Å². The summed E-state index contributed by atoms with van der Waals surface area (Å²) < 4.78 is 0. The van der Waals surface area contributed by atoms with Crippen LogP contribution in [-0.4, -0.2) is 21.4 Å². The minimum absolute atomic E-state index is 0. The van der Waals surface area contributed by atoms with Gasteiger partial charge in [0.05, 0.1) is 11.2 Å². The third kappa shape index (κ3) is 3650. The van der Waals surface area contributed by atoms with E-state index in [0.29, 0.717) is 0 Å². The van der Waals surface area contributed by atoms with E-state index in [0.717, 1.165) is 0 Å². The molecule has 0 bridgehead atoms. The third-order valence-corrected chi connectivity index (χ3v) is 0. The van der Waals surface area contributed by atoms with Gasteiger partial charge in [0.25, 0.3) is 0 Å². The van der Waals surface area contributed by atoms with E-state index >= 15 is 0 Å². The Kier molecular flexibility index (Phi) is 9.59. The molecule has 0 spiro atoms. The van der Waals surface area contributed by atoms with E-state index in [1.54, 1.807) is 41.5 Å². The van der Waals surface area contributed by atoms with Gasteiger partial charge in [-0.1, -0.05) is 0 Å². The quantitative estimate of drug-likeness (QED) is 0.623. The summed E-state index contributed by atoms with van der Waals surface area (Å²) in [5.41, 5.74) is -1.00. The monoisotopic (exact) mass is 200 g/mol. The molecule has 0 atom stereocenters. The first-order valence-corrected chi connectivity index (χ1v) is 3.45. The Balaban J connectivity index is -0.000000107. The van der Waals surface area contributed by atoms with Crippen LogP contribution in [0.15, 0.2) is 0 Å². The molecule has 0 heterocycles. The molecule has 2 nitrogen and oxygen atoms in total. The van der Waals surface area contributed by atoms with E-state index in [4.69, 9.17) is 10.2 Å². The number of rotatable bonds is 0. The number of hydrogen-bond donors (Lipinski definition) is 2. The van der Waals surface area contributed by atoms with Crippen molar-refractivity contribution in [1.29, 1.82) is 0 Å². The van der Waals surface area contributed by atoms with Crippen LogP contribution in [-0.2, 0) is 17.4 Å². The third-order valence-electron chi connectivity index (χ3n) is 0. The molecule has 0 aromatic heterocycles. The fraction of sp³-hybridized carbons (Fsp3) is 1.00. The SMILES string of the molecule is CC(C)(C)O.CC(C)(C)O.[Cr]. The van der Waals surface area contributed by atoms with Gasteiger partial charge in [-0.25, -0.2) is 0 Å². The first-order valence-electron chi connectivity index (χ1n) is 3.45. The maximum absolute atomic E-state index is 8.52. The second-order valence-electron chi connectivity index (χ2n) is 4.34. The first-order chi connectivity index (χ1) is 4.00. The minimum Gasteiger partial charge on any atom is -0.391 e. The van der Waals surface area contributed by atoms with Crippen LogP contribution in [0.3, 0.4) is 0 Å². The van der Waals surface area contributed by atoms with Crippen molar-refractivity contribution in [3.05, 3.63) is 0 Å². The van der Waals surface area contributed by atoms with Crippen molar-refractivity contribution in [2.45, 2.75) is 52.7 Å². The molecular formula is C8H20CrO2. The van der Waals surface area contributed by atoms with E-state index < -0.39 is 11.2 Å². The van der Waals surface area contributed by atoms with Gasteiger partial charge < -0.3 is 10.2 Å². The van der Waals surface area contributed by atoms with Crippen molar-refractivity contribution >= 4 is 0 Å². The summed E-state index contributed by atoms with van der Waals surface area (Å²) in [4.78, 5) is 0. The molecule has 3 heteroatoms. The summed E-state index contributed by atoms with van der Waals surface area (Å²) in [5, 5.41) is 17.0. The van der Waals surface area contributed by atoms with Crippen molar-refractivity contribution in [2.75, 3.05) is 0 Å². The van der Waals surface area contributed by atoms with Crippen LogP contribution >= 0.6 is 0 Å². The van der Waals surface area contributed by atoms with E-state index in [-0.39, 0.29) is 17.4 Å². The van der Waals surface area contributed by atoms with Crippen LogP contribution < -0.4 is 0 Å². The van der Waals surface area contributed by atoms with Gasteiger partial charge in [0.1, 0.15) is 0 Å². The van der Waals surface area contributed by atoms with Crippen LogP contribution in [0.2, 0.25) is 0 Å². The number of hydrogen-bond acceptors (Lipinski definition) is 2. The molecule has 0 unspecified atom stereocenters. The molecule has 0 fully saturated rings. The zero-order chi connectivity index (χ0) is 9.00. The molecule has 0 aromatic rings. The van der Waals surface area contributed by atoms with Crippen LogP contribution in [0, 0.1) is 0 Å². The molecule has 0 aliphatic rings. The van der Waals surface area contributed by atoms with Gasteiger partial charge in [0, 0.05) is 17.4 Å². The standard InChI is InChI=1S/2C4H10O.Cr/c2*1-4(2,3)5;/h2*5H,1-3H3;. The molecular weight excluding hydrogens is 180 g/mol. The van der Waals surface area contributed by atoms with Crippen molar-refractivity contribution in [2.24, 2.45) is 0 Å². The van der Waals surface area contributed by atoms with E-state index in [1.165, 1.54) is 0 Å². The second kappa shape index (κ2) is 6.02. The van der Waals surface area contributed by atoms with E-state index in [1.807, 2.05) is 0 Å². The van der Waals surface area contributed by atoms with Crippen LogP contribution in [0.5, 0.6) is 0 Å². The average molecular weight is 200 g/mol. The van der Waals surface area contributed by atoms with Gasteiger partial charge in [-0.05, 0) is 41.5 Å². The average Bonchev–Trinajstić information content (AvgIpc) is 1.12. The van der Waals surface area contributed by atoms with Crippen molar-refractivity contribution in [1.82, 2.24) is 0 Å². The fourth-order valence-electron chi connectivity index (χ4n) is 0. The smallest absolute Gasteiger partial charge is 0.0563 e. The van der Waals surface area contributed by atoms with Gasteiger partial charge in [-0.2, -0.15) is 0 Å². The predicted octanol–water partition coefficient (Wildman–Crippen LogP) is 1.55. The van der Waals surface area contributed by atoms with E-state index in [9.17, 15) is 0 Å². The summed E-state index contributed by atoms with van der Waals surface area (Å²) in [5.74, 6) is 0. The molecule has 0 radical (unpaired) electrons. The Morgan fingerprint density at radius 2 is 0.636 bits per heavy atom. The summed E-state index contributed by atoms with van der Waals surface area (Å²) in [7, 11) is 0. The Bertz CT molecular complexity index is 55.1. The van der Waals surface area contributed by atoms with Gasteiger partial charge in [0.15, 0.2) is 0 Å². The number of aliphatic hydroxyl groups is 2. The van der Waals surface area contributed by atoms with Crippen molar-refractivity contribution < 1.29 is 27.6 Å². The molecule has 0 aliphatic heterocycles. The molecule has 0 saturated carbocycles. The summed E-state index contributed by atoms with van der Waals surface area (Å²) in [6.07, 6.45) is 0. The molecule has 0 aliphatic carbocycles. The molecule has 2 N–H and O–H groups in total. The summed E-state index contributed by atoms with van der Waals surface area (Å²) in [6.45, 7) is 10.5. The van der Waals surface area contributed by atoms with Crippen LogP contribution in [0.1, 0.15) is 41.5 Å². The fourth-order valence-corrected chi connectivity index (χ4v) is 0. The molecule has 0 rings (SSSR count).